The van der Waals surface area contributed by atoms with E-state index in [2.05, 4.69) is 0 Å². The first-order chi connectivity index (χ1) is 11.6. The Hall–Kier alpha value is -1.77. The lowest BCUT2D eigenvalue weighted by Gasteiger charge is -2.28. The van der Waals surface area contributed by atoms with E-state index in [9.17, 15) is 14.0 Å². The lowest BCUT2D eigenvalue weighted by atomic mass is 10.2. The molecule has 5 nitrogen and oxygen atoms in total. The van der Waals surface area contributed by atoms with Crippen LogP contribution in [0.25, 0.3) is 6.08 Å². The zero-order valence-electron chi connectivity index (χ0n) is 12.7. The standard InChI is InChI=1S/C16H15FN2O3S2/c17-12-4-2-1-3-11(12)9-13-15(21)19(16(23)24-13)10-14(20)18-5-7-22-8-6-18/h1-4,9H,5-8,10H2/b13-9-. The highest BCUT2D eigenvalue weighted by molar-refractivity contribution is 8.26. The lowest BCUT2D eigenvalue weighted by molar-refractivity contribution is -0.138. The second-order valence-electron chi connectivity index (χ2n) is 5.28. The summed E-state index contributed by atoms with van der Waals surface area (Å²) in [6, 6.07) is 6.19. The Morgan fingerprint density at radius 2 is 2.04 bits per heavy atom. The van der Waals surface area contributed by atoms with Crippen molar-refractivity contribution in [1.29, 1.82) is 0 Å². The fourth-order valence-electron chi connectivity index (χ4n) is 2.42. The lowest BCUT2D eigenvalue weighted by Crippen LogP contribution is -2.46. The van der Waals surface area contributed by atoms with Crippen molar-refractivity contribution < 1.29 is 18.7 Å². The molecule has 2 aliphatic rings. The maximum absolute atomic E-state index is 13.7. The number of amides is 2. The van der Waals surface area contributed by atoms with Gasteiger partial charge in [-0.2, -0.15) is 0 Å². The van der Waals surface area contributed by atoms with Gasteiger partial charge in [-0.25, -0.2) is 4.39 Å². The van der Waals surface area contributed by atoms with Crippen LogP contribution in [0.2, 0.25) is 0 Å². The molecule has 0 bridgehead atoms. The zero-order chi connectivity index (χ0) is 17.1. The van der Waals surface area contributed by atoms with Gasteiger partial charge in [-0.3, -0.25) is 14.5 Å². The maximum Gasteiger partial charge on any atom is 0.266 e. The molecule has 1 aromatic carbocycles. The zero-order valence-corrected chi connectivity index (χ0v) is 14.4. The Kier molecular flexibility index (Phi) is 5.27. The molecule has 0 unspecified atom stereocenters. The van der Waals surface area contributed by atoms with Crippen molar-refractivity contribution in [3.05, 3.63) is 40.6 Å². The normalized spacial score (nSPS) is 20.1. The van der Waals surface area contributed by atoms with E-state index in [-0.39, 0.29) is 18.4 Å². The first-order valence-electron chi connectivity index (χ1n) is 7.41. The molecule has 0 aliphatic carbocycles. The Morgan fingerprint density at radius 3 is 2.75 bits per heavy atom. The fraction of sp³-hybridized carbons (Fsp3) is 0.312. The molecular formula is C16H15FN2O3S2. The van der Waals surface area contributed by atoms with E-state index in [0.717, 1.165) is 11.8 Å². The summed E-state index contributed by atoms with van der Waals surface area (Å²) in [4.78, 5) is 28.0. The molecule has 0 radical (unpaired) electrons. The summed E-state index contributed by atoms with van der Waals surface area (Å²) in [5, 5.41) is 0. The molecule has 8 heteroatoms. The SMILES string of the molecule is O=C(CN1C(=O)/C(=C/c2ccccc2F)SC1=S)N1CCOCC1. The molecule has 1 aromatic rings. The van der Waals surface area contributed by atoms with E-state index < -0.39 is 5.82 Å². The van der Waals surface area contributed by atoms with Crippen LogP contribution in [-0.2, 0) is 14.3 Å². The number of thioether (sulfide) groups is 1. The third-order valence-electron chi connectivity index (χ3n) is 3.72. The number of hydrogen-bond acceptors (Lipinski definition) is 5. The van der Waals surface area contributed by atoms with Crippen LogP contribution in [0.15, 0.2) is 29.2 Å². The molecule has 24 heavy (non-hydrogen) atoms. The van der Waals surface area contributed by atoms with Gasteiger partial charge in [0.1, 0.15) is 16.7 Å². The van der Waals surface area contributed by atoms with Gasteiger partial charge in [0.15, 0.2) is 0 Å². The monoisotopic (exact) mass is 366 g/mol. The van der Waals surface area contributed by atoms with Gasteiger partial charge in [0.25, 0.3) is 5.91 Å². The molecule has 2 heterocycles. The van der Waals surface area contributed by atoms with Crippen molar-refractivity contribution in [2.75, 3.05) is 32.8 Å². The Morgan fingerprint density at radius 1 is 1.33 bits per heavy atom. The third kappa shape index (κ3) is 3.66. The smallest absolute Gasteiger partial charge is 0.266 e. The predicted molar refractivity (Wildman–Crippen MR) is 93.7 cm³/mol. The summed E-state index contributed by atoms with van der Waals surface area (Å²) in [5.74, 6) is -0.941. The molecule has 2 amide bonds. The van der Waals surface area contributed by atoms with E-state index in [0.29, 0.717) is 41.1 Å². The number of rotatable bonds is 3. The highest BCUT2D eigenvalue weighted by atomic mass is 32.2. The second-order valence-corrected chi connectivity index (χ2v) is 6.96. The number of carbonyl (C=O) groups is 2. The van der Waals surface area contributed by atoms with Gasteiger partial charge < -0.3 is 9.64 Å². The van der Waals surface area contributed by atoms with E-state index in [1.807, 2.05) is 0 Å². The van der Waals surface area contributed by atoms with Crippen LogP contribution in [0.3, 0.4) is 0 Å². The summed E-state index contributed by atoms with van der Waals surface area (Å²) in [6.45, 7) is 1.92. The van der Waals surface area contributed by atoms with Gasteiger partial charge in [0.2, 0.25) is 5.91 Å². The molecule has 0 saturated carbocycles. The van der Waals surface area contributed by atoms with E-state index >= 15 is 0 Å². The molecule has 2 aliphatic heterocycles. The van der Waals surface area contributed by atoms with Crippen molar-refractivity contribution in [2.45, 2.75) is 0 Å². The van der Waals surface area contributed by atoms with Crippen LogP contribution < -0.4 is 0 Å². The van der Waals surface area contributed by atoms with Crippen LogP contribution in [-0.4, -0.2) is 58.8 Å². The largest absolute Gasteiger partial charge is 0.378 e. The van der Waals surface area contributed by atoms with Gasteiger partial charge in [-0.15, -0.1) is 0 Å². The van der Waals surface area contributed by atoms with E-state index in [1.165, 1.54) is 17.0 Å². The number of hydrogen-bond donors (Lipinski definition) is 0. The summed E-state index contributed by atoms with van der Waals surface area (Å²) in [7, 11) is 0. The van der Waals surface area contributed by atoms with Gasteiger partial charge in [0, 0.05) is 18.7 Å². The number of thiocarbonyl (C=S) groups is 1. The molecule has 0 aromatic heterocycles. The van der Waals surface area contributed by atoms with Crippen LogP contribution in [0, 0.1) is 5.82 Å². The van der Waals surface area contributed by atoms with Crippen molar-refractivity contribution in [2.24, 2.45) is 0 Å². The van der Waals surface area contributed by atoms with Gasteiger partial charge >= 0.3 is 0 Å². The topological polar surface area (TPSA) is 49.9 Å². The van der Waals surface area contributed by atoms with Crippen LogP contribution >= 0.6 is 24.0 Å². The minimum absolute atomic E-state index is 0.0979. The number of nitrogens with zero attached hydrogens (tertiary/aromatic N) is 2. The Bertz CT molecular complexity index is 717. The highest BCUT2D eigenvalue weighted by Gasteiger charge is 2.34. The molecule has 126 valence electrons. The molecule has 0 N–H and O–H groups in total. The predicted octanol–water partition coefficient (Wildman–Crippen LogP) is 1.89. The third-order valence-corrected chi connectivity index (χ3v) is 5.10. The molecule has 0 atom stereocenters. The minimum Gasteiger partial charge on any atom is -0.378 e. The molecule has 2 saturated heterocycles. The van der Waals surface area contributed by atoms with Crippen LogP contribution in [0.5, 0.6) is 0 Å². The number of benzene rings is 1. The molecule has 2 fully saturated rings. The number of carbonyl (C=O) groups excluding carboxylic acids is 2. The summed E-state index contributed by atoms with van der Waals surface area (Å²) >= 11 is 6.28. The average molecular weight is 366 g/mol. The number of morpholine rings is 1. The minimum atomic E-state index is -0.410. The van der Waals surface area contributed by atoms with Crippen molar-refractivity contribution in [1.82, 2.24) is 9.80 Å². The number of ether oxygens (including phenoxy) is 1. The van der Waals surface area contributed by atoms with Crippen LogP contribution in [0.1, 0.15) is 5.56 Å². The van der Waals surface area contributed by atoms with Gasteiger partial charge in [-0.1, -0.05) is 42.2 Å². The quantitative estimate of drug-likeness (QED) is 0.604. The van der Waals surface area contributed by atoms with E-state index in [4.69, 9.17) is 17.0 Å². The summed E-state index contributed by atoms with van der Waals surface area (Å²) in [6.07, 6.45) is 1.47. The second kappa shape index (κ2) is 7.42. The summed E-state index contributed by atoms with van der Waals surface area (Å²) in [5.41, 5.74) is 0.317. The highest BCUT2D eigenvalue weighted by Crippen LogP contribution is 2.32. The molecule has 0 spiro atoms. The Labute approximate surface area is 148 Å². The molecule has 3 rings (SSSR count). The first kappa shape index (κ1) is 17.1. The van der Waals surface area contributed by atoms with Crippen LogP contribution in [0.4, 0.5) is 4.39 Å². The Balaban J connectivity index is 1.72. The van der Waals surface area contributed by atoms with Crippen molar-refractivity contribution >= 4 is 46.2 Å². The summed E-state index contributed by atoms with van der Waals surface area (Å²) < 4.78 is 19.3. The molecular weight excluding hydrogens is 351 g/mol. The van der Waals surface area contributed by atoms with Gasteiger partial charge in [0.05, 0.1) is 18.1 Å². The fourth-order valence-corrected chi connectivity index (χ4v) is 3.66. The van der Waals surface area contributed by atoms with Crippen molar-refractivity contribution in [3.63, 3.8) is 0 Å². The first-order valence-corrected chi connectivity index (χ1v) is 8.64. The van der Waals surface area contributed by atoms with Crippen molar-refractivity contribution in [3.8, 4) is 0 Å². The van der Waals surface area contributed by atoms with Gasteiger partial charge in [-0.05, 0) is 12.1 Å². The average Bonchev–Trinajstić information content (AvgIpc) is 2.85. The number of halogens is 1. The maximum atomic E-state index is 13.7. The van der Waals surface area contributed by atoms with E-state index in [1.54, 1.807) is 23.1 Å².